The molecule has 2 amide bonds. The number of anilines is 1. The third-order valence-electron chi connectivity index (χ3n) is 8.85. The van der Waals surface area contributed by atoms with Gasteiger partial charge in [0.15, 0.2) is 6.10 Å². The number of allylic oxidation sites excluding steroid dienone is 2. The number of amides is 2. The summed E-state index contributed by atoms with van der Waals surface area (Å²) in [6, 6.07) is 23.0. The summed E-state index contributed by atoms with van der Waals surface area (Å²) in [5, 5.41) is 0.588. The molecule has 0 spiro atoms. The fourth-order valence-electron chi connectivity index (χ4n) is 6.76. The number of aromatic nitrogens is 1. The van der Waals surface area contributed by atoms with Crippen LogP contribution in [0.1, 0.15) is 40.5 Å². The first kappa shape index (κ1) is 27.4. The molecule has 1 aliphatic heterocycles. The van der Waals surface area contributed by atoms with Gasteiger partial charge in [-0.15, -0.1) is 0 Å². The number of hydrogen-bond donors (Lipinski definition) is 0. The maximum atomic E-state index is 13.6. The highest BCUT2D eigenvalue weighted by Gasteiger charge is 2.59. The second kappa shape index (κ2) is 10.7. The van der Waals surface area contributed by atoms with Gasteiger partial charge in [-0.2, -0.15) is 0 Å². The van der Waals surface area contributed by atoms with Crippen molar-refractivity contribution in [1.82, 2.24) is 4.98 Å². The second-order valence-electron chi connectivity index (χ2n) is 11.3. The number of ketones is 1. The first-order valence-corrected chi connectivity index (χ1v) is 15.2. The molecule has 2 heterocycles. The molecule has 1 saturated heterocycles. The minimum atomic E-state index is -0.937. The molecule has 0 radical (unpaired) electrons. The Labute approximate surface area is 256 Å². The van der Waals surface area contributed by atoms with E-state index in [4.69, 9.17) is 9.72 Å². The van der Waals surface area contributed by atoms with Crippen LogP contribution in [0.4, 0.5) is 5.69 Å². The summed E-state index contributed by atoms with van der Waals surface area (Å²) in [6.45, 7) is 1.80. The Morgan fingerprint density at radius 1 is 0.930 bits per heavy atom. The zero-order valence-corrected chi connectivity index (χ0v) is 24.9. The van der Waals surface area contributed by atoms with E-state index in [-0.39, 0.29) is 46.8 Å². The molecule has 4 aromatic rings. The van der Waals surface area contributed by atoms with Crippen LogP contribution in [0.3, 0.4) is 0 Å². The number of nitrogens with zero attached hydrogens (tertiary/aromatic N) is 2. The highest BCUT2D eigenvalue weighted by molar-refractivity contribution is 9.10. The number of pyridine rings is 1. The van der Waals surface area contributed by atoms with Crippen LogP contribution in [0.2, 0.25) is 0 Å². The molecule has 0 N–H and O–H groups in total. The summed E-state index contributed by atoms with van der Waals surface area (Å²) in [4.78, 5) is 59.3. The van der Waals surface area contributed by atoms with Crippen molar-refractivity contribution < 1.29 is 23.9 Å². The van der Waals surface area contributed by atoms with E-state index in [1.165, 1.54) is 4.90 Å². The number of hydrogen-bond acceptors (Lipinski definition) is 6. The highest BCUT2D eigenvalue weighted by Crippen LogP contribution is 2.53. The molecule has 2 fully saturated rings. The number of Topliss-reactive ketones (excluding diaryl/α,β-unsaturated/α-hetero) is 1. The van der Waals surface area contributed by atoms with Gasteiger partial charge >= 0.3 is 5.97 Å². The number of carbonyl (C=O) groups is 4. The molecule has 2 aliphatic carbocycles. The molecule has 43 heavy (non-hydrogen) atoms. The fourth-order valence-corrected chi connectivity index (χ4v) is 7.12. The topological polar surface area (TPSA) is 93.6 Å². The average molecular weight is 636 g/mol. The number of esters is 1. The minimum absolute atomic E-state index is 0.130. The summed E-state index contributed by atoms with van der Waals surface area (Å²) < 4.78 is 6.56. The van der Waals surface area contributed by atoms with Crippen LogP contribution in [-0.4, -0.2) is 34.7 Å². The Balaban J connectivity index is 1.19. The van der Waals surface area contributed by atoms with Crippen LogP contribution in [0.5, 0.6) is 0 Å². The summed E-state index contributed by atoms with van der Waals surface area (Å²) in [5.41, 5.74) is 3.10. The third-order valence-corrected chi connectivity index (χ3v) is 9.35. The van der Waals surface area contributed by atoms with Crippen molar-refractivity contribution in [2.24, 2.45) is 23.7 Å². The second-order valence-corrected chi connectivity index (χ2v) is 12.2. The van der Waals surface area contributed by atoms with Gasteiger partial charge in [0.05, 0.1) is 34.3 Å². The van der Waals surface area contributed by atoms with E-state index in [1.54, 1.807) is 67.6 Å². The van der Waals surface area contributed by atoms with Gasteiger partial charge in [0.2, 0.25) is 17.6 Å². The van der Waals surface area contributed by atoms with Gasteiger partial charge in [0.25, 0.3) is 0 Å². The van der Waals surface area contributed by atoms with Crippen LogP contribution < -0.4 is 4.90 Å². The lowest BCUT2D eigenvalue weighted by Crippen LogP contribution is -2.32. The quantitative estimate of drug-likeness (QED) is 0.0961. The molecule has 5 atom stereocenters. The van der Waals surface area contributed by atoms with Gasteiger partial charge in [0, 0.05) is 21.0 Å². The van der Waals surface area contributed by atoms with Crippen LogP contribution >= 0.6 is 15.9 Å². The number of rotatable bonds is 7. The molecular formula is C35H27BrN2O5. The lowest BCUT2D eigenvalue weighted by atomic mass is 9.85. The largest absolute Gasteiger partial charge is 0.450 e. The van der Waals surface area contributed by atoms with E-state index in [0.717, 1.165) is 10.9 Å². The predicted octanol–water partition coefficient (Wildman–Crippen LogP) is 6.79. The van der Waals surface area contributed by atoms with E-state index in [2.05, 4.69) is 28.1 Å². The Bertz CT molecular complexity index is 1800. The monoisotopic (exact) mass is 634 g/mol. The Morgan fingerprint density at radius 2 is 1.60 bits per heavy atom. The third kappa shape index (κ3) is 4.61. The maximum absolute atomic E-state index is 13.6. The van der Waals surface area contributed by atoms with E-state index in [1.807, 2.05) is 18.2 Å². The lowest BCUT2D eigenvalue weighted by Gasteiger charge is -2.18. The SMILES string of the molecule is CCC(OC(=O)c1cc(-c2ccc(N3C(=O)C4C5C=CC(C5)C4C3=O)cc2)nc2ccc(Br)cc12)C(=O)c1ccccc1. The maximum Gasteiger partial charge on any atom is 0.339 e. The summed E-state index contributed by atoms with van der Waals surface area (Å²) >= 11 is 3.48. The first-order valence-electron chi connectivity index (χ1n) is 14.4. The Morgan fingerprint density at radius 3 is 2.26 bits per heavy atom. The van der Waals surface area contributed by atoms with E-state index < -0.39 is 12.1 Å². The molecule has 3 aliphatic rings. The first-order chi connectivity index (χ1) is 20.8. The van der Waals surface area contributed by atoms with Gasteiger partial charge in [0.1, 0.15) is 0 Å². The number of halogens is 1. The minimum Gasteiger partial charge on any atom is -0.450 e. The van der Waals surface area contributed by atoms with Gasteiger partial charge in [-0.1, -0.05) is 77.5 Å². The average Bonchev–Trinajstić information content (AvgIpc) is 3.72. The van der Waals surface area contributed by atoms with Crippen molar-refractivity contribution in [1.29, 1.82) is 0 Å². The van der Waals surface area contributed by atoms with Gasteiger partial charge in [-0.3, -0.25) is 19.3 Å². The molecule has 3 aromatic carbocycles. The lowest BCUT2D eigenvalue weighted by molar-refractivity contribution is -0.123. The van der Waals surface area contributed by atoms with Crippen molar-refractivity contribution >= 4 is 56.1 Å². The Kier molecular flexibility index (Phi) is 6.81. The number of imide groups is 1. The summed E-state index contributed by atoms with van der Waals surface area (Å²) in [7, 11) is 0. The molecule has 7 rings (SSSR count). The fraction of sp³-hybridized carbons (Fsp3) is 0.229. The molecular weight excluding hydrogens is 608 g/mol. The smallest absolute Gasteiger partial charge is 0.339 e. The van der Waals surface area contributed by atoms with Crippen molar-refractivity contribution in [3.05, 3.63) is 107 Å². The number of carbonyl (C=O) groups excluding carboxylic acids is 4. The Hall–Kier alpha value is -4.43. The molecule has 2 bridgehead atoms. The van der Waals surface area contributed by atoms with Crippen LogP contribution in [-0.2, 0) is 14.3 Å². The zero-order chi connectivity index (χ0) is 29.8. The molecule has 1 saturated carbocycles. The predicted molar refractivity (Wildman–Crippen MR) is 165 cm³/mol. The normalized spacial score (nSPS) is 22.7. The van der Waals surface area contributed by atoms with Gasteiger partial charge in [-0.25, -0.2) is 9.78 Å². The van der Waals surface area contributed by atoms with Gasteiger partial charge < -0.3 is 4.74 Å². The number of ether oxygens (including phenoxy) is 1. The van der Waals surface area contributed by atoms with Crippen molar-refractivity contribution in [3.63, 3.8) is 0 Å². The highest BCUT2D eigenvalue weighted by atomic mass is 79.9. The number of benzene rings is 3. The van der Waals surface area contributed by atoms with Crippen LogP contribution in [0.25, 0.3) is 22.2 Å². The summed E-state index contributed by atoms with van der Waals surface area (Å²) in [6.07, 6.45) is 4.43. The standard InChI is InChI=1S/C35H27BrN2O5/c1-2-29(32(39)20-6-4-3-5-7-20)43-35(42)26-18-28(37-27-15-12-23(36)17-25(26)27)19-10-13-24(14-11-19)38-33(40)30-21-8-9-22(16-21)31(30)34(38)41/h3-15,17-18,21-22,29-31H,2,16H2,1H3. The molecule has 8 heteroatoms. The van der Waals surface area contributed by atoms with E-state index >= 15 is 0 Å². The van der Waals surface area contributed by atoms with E-state index in [9.17, 15) is 19.2 Å². The van der Waals surface area contributed by atoms with E-state index in [0.29, 0.717) is 39.8 Å². The van der Waals surface area contributed by atoms with Crippen LogP contribution in [0, 0.1) is 23.7 Å². The summed E-state index contributed by atoms with van der Waals surface area (Å²) in [5.74, 6) is -1.38. The van der Waals surface area contributed by atoms with Crippen molar-refractivity contribution in [2.75, 3.05) is 4.90 Å². The molecule has 5 unspecified atom stereocenters. The zero-order valence-electron chi connectivity index (χ0n) is 23.3. The van der Waals surface area contributed by atoms with Gasteiger partial charge in [-0.05, 0) is 61.1 Å². The van der Waals surface area contributed by atoms with Crippen molar-refractivity contribution in [2.45, 2.75) is 25.9 Å². The van der Waals surface area contributed by atoms with Crippen LogP contribution in [0.15, 0.2) is 95.5 Å². The molecule has 1 aromatic heterocycles. The molecule has 214 valence electrons. The van der Waals surface area contributed by atoms with Crippen molar-refractivity contribution in [3.8, 4) is 11.3 Å². The number of fused-ring (bicyclic) bond motifs is 6. The molecule has 7 nitrogen and oxygen atoms in total.